The van der Waals surface area contributed by atoms with Gasteiger partial charge in [-0.25, -0.2) is 19.2 Å². The molecule has 164 valence electrons. The van der Waals surface area contributed by atoms with Crippen molar-refractivity contribution in [1.29, 1.82) is 0 Å². The molecule has 0 amide bonds. The Morgan fingerprint density at radius 3 is 2.48 bits per heavy atom. The van der Waals surface area contributed by atoms with E-state index in [1.54, 1.807) is 6.07 Å². The van der Waals surface area contributed by atoms with E-state index in [4.69, 9.17) is 14.7 Å². The van der Waals surface area contributed by atoms with Gasteiger partial charge in [-0.1, -0.05) is 12.1 Å². The minimum Gasteiger partial charge on any atom is -0.466 e. The van der Waals surface area contributed by atoms with E-state index < -0.39 is 0 Å². The number of anilines is 2. The van der Waals surface area contributed by atoms with Crippen LogP contribution >= 0.6 is 0 Å². The zero-order valence-electron chi connectivity index (χ0n) is 18.3. The van der Waals surface area contributed by atoms with Gasteiger partial charge in [0.2, 0.25) is 0 Å². The van der Waals surface area contributed by atoms with Gasteiger partial charge >= 0.3 is 5.97 Å². The fraction of sp³-hybridized carbons (Fsp3) is 0.435. The summed E-state index contributed by atoms with van der Waals surface area (Å²) in [5, 5.41) is 0. The van der Waals surface area contributed by atoms with Crippen molar-refractivity contribution in [2.45, 2.75) is 19.8 Å². The van der Waals surface area contributed by atoms with Crippen molar-refractivity contribution in [3.8, 4) is 0 Å². The number of para-hydroxylation sites is 1. The summed E-state index contributed by atoms with van der Waals surface area (Å²) >= 11 is 0. The van der Waals surface area contributed by atoms with Crippen LogP contribution in [0.3, 0.4) is 0 Å². The minimum atomic E-state index is -0.337. The third-order valence-corrected chi connectivity index (χ3v) is 5.85. The molecule has 1 fully saturated rings. The summed E-state index contributed by atoms with van der Waals surface area (Å²) in [7, 11) is 3.35. The van der Waals surface area contributed by atoms with Gasteiger partial charge in [0.25, 0.3) is 0 Å². The number of aryl methyl sites for hydroxylation is 1. The van der Waals surface area contributed by atoms with Crippen molar-refractivity contribution in [2.24, 2.45) is 0 Å². The molecular weight excluding hydrogens is 397 g/mol. The molecule has 0 atom stereocenters. The first kappa shape index (κ1) is 21.1. The fourth-order valence-electron chi connectivity index (χ4n) is 4.26. The number of carbonyl (C=O) groups excluding carboxylic acids is 1. The number of methoxy groups -OCH3 is 1. The highest BCUT2D eigenvalue weighted by atomic mass is 19.1. The van der Waals surface area contributed by atoms with Crippen LogP contribution in [0.25, 0.3) is 0 Å². The zero-order valence-corrected chi connectivity index (χ0v) is 18.3. The van der Waals surface area contributed by atoms with Gasteiger partial charge in [-0.3, -0.25) is 0 Å². The molecule has 2 aliphatic rings. The summed E-state index contributed by atoms with van der Waals surface area (Å²) in [5.74, 6) is 1.05. The number of hydrogen-bond acceptors (Lipinski definition) is 7. The second-order valence-electron chi connectivity index (χ2n) is 8.00. The number of nitrogens with zero attached hydrogens (tertiary/aromatic N) is 5. The van der Waals surface area contributed by atoms with Gasteiger partial charge in [0, 0.05) is 64.4 Å². The molecule has 2 aromatic rings. The Morgan fingerprint density at radius 2 is 1.77 bits per heavy atom. The van der Waals surface area contributed by atoms with E-state index in [1.807, 2.05) is 37.2 Å². The molecule has 31 heavy (non-hydrogen) atoms. The van der Waals surface area contributed by atoms with Crippen molar-refractivity contribution in [3.05, 3.63) is 58.9 Å². The lowest BCUT2D eigenvalue weighted by atomic mass is 10.00. The highest BCUT2D eigenvalue weighted by Gasteiger charge is 2.27. The quantitative estimate of drug-likeness (QED) is 0.700. The van der Waals surface area contributed by atoms with Crippen LogP contribution in [0, 0.1) is 12.7 Å². The third-order valence-electron chi connectivity index (χ3n) is 5.85. The Morgan fingerprint density at radius 1 is 1.06 bits per heavy atom. The summed E-state index contributed by atoms with van der Waals surface area (Å²) in [6.07, 6.45) is 3.06. The van der Waals surface area contributed by atoms with Crippen molar-refractivity contribution in [3.63, 3.8) is 0 Å². The first-order chi connectivity index (χ1) is 15.0. The standard InChI is InChI=1S/C23H28FN5O2/c1-16-25-20-8-9-27(2)15-17(23(30)31-3)14-18(20)22(26-16)29-12-10-28(11-13-29)21-7-5-4-6-19(21)24/h4-7,15H,8-14H2,1-3H3. The van der Waals surface area contributed by atoms with E-state index >= 15 is 0 Å². The van der Waals surface area contributed by atoms with Crippen molar-refractivity contribution >= 4 is 17.5 Å². The topological polar surface area (TPSA) is 61.8 Å². The highest BCUT2D eigenvalue weighted by Crippen LogP contribution is 2.29. The maximum Gasteiger partial charge on any atom is 0.335 e. The number of halogens is 1. The summed E-state index contributed by atoms with van der Waals surface area (Å²) in [5.41, 5.74) is 3.18. The molecule has 3 heterocycles. The first-order valence-electron chi connectivity index (χ1n) is 10.6. The number of fused-ring (bicyclic) bond motifs is 1. The molecule has 0 bridgehead atoms. The summed E-state index contributed by atoms with van der Waals surface area (Å²) in [6.45, 7) is 5.48. The van der Waals surface area contributed by atoms with E-state index in [9.17, 15) is 9.18 Å². The second-order valence-corrected chi connectivity index (χ2v) is 8.00. The van der Waals surface area contributed by atoms with Gasteiger partial charge in [0.05, 0.1) is 24.1 Å². The molecule has 0 saturated carbocycles. The predicted molar refractivity (Wildman–Crippen MR) is 118 cm³/mol. The van der Waals surface area contributed by atoms with Gasteiger partial charge in [-0.2, -0.15) is 0 Å². The summed E-state index contributed by atoms with van der Waals surface area (Å²) in [4.78, 5) is 28.1. The van der Waals surface area contributed by atoms with Crippen molar-refractivity contribution in [1.82, 2.24) is 14.9 Å². The van der Waals surface area contributed by atoms with E-state index in [2.05, 4.69) is 9.80 Å². The van der Waals surface area contributed by atoms with Crippen molar-refractivity contribution < 1.29 is 13.9 Å². The highest BCUT2D eigenvalue weighted by molar-refractivity contribution is 5.89. The zero-order chi connectivity index (χ0) is 22.0. The number of rotatable bonds is 3. The van der Waals surface area contributed by atoms with E-state index in [-0.39, 0.29) is 11.8 Å². The number of benzene rings is 1. The molecule has 0 unspecified atom stereocenters. The monoisotopic (exact) mass is 425 g/mol. The molecule has 2 aliphatic heterocycles. The van der Waals surface area contributed by atoms with Gasteiger partial charge in [-0.15, -0.1) is 0 Å². The number of carbonyl (C=O) groups is 1. The lowest BCUT2D eigenvalue weighted by molar-refractivity contribution is -0.136. The fourth-order valence-corrected chi connectivity index (χ4v) is 4.26. The molecule has 8 heteroatoms. The number of ether oxygens (including phenoxy) is 1. The first-order valence-corrected chi connectivity index (χ1v) is 10.6. The van der Waals surface area contributed by atoms with Crippen LogP contribution in [0.15, 0.2) is 36.0 Å². The molecule has 7 nitrogen and oxygen atoms in total. The molecule has 0 aliphatic carbocycles. The molecular formula is C23H28FN5O2. The van der Waals surface area contributed by atoms with E-state index in [1.165, 1.54) is 13.2 Å². The van der Waals surface area contributed by atoms with Crippen molar-refractivity contribution in [2.75, 3.05) is 56.7 Å². The van der Waals surface area contributed by atoms with Gasteiger partial charge in [0.1, 0.15) is 17.5 Å². The Labute approximate surface area is 182 Å². The maximum absolute atomic E-state index is 14.2. The second kappa shape index (κ2) is 8.91. The van der Waals surface area contributed by atoms with Crippen LogP contribution in [-0.4, -0.2) is 67.7 Å². The average molecular weight is 426 g/mol. The largest absolute Gasteiger partial charge is 0.466 e. The molecule has 1 aromatic heterocycles. The van der Waals surface area contributed by atoms with Crippen LogP contribution in [0.4, 0.5) is 15.9 Å². The lowest BCUT2D eigenvalue weighted by Gasteiger charge is -2.38. The minimum absolute atomic E-state index is 0.198. The molecule has 4 rings (SSSR count). The van der Waals surface area contributed by atoms with Gasteiger partial charge < -0.3 is 19.4 Å². The van der Waals surface area contributed by atoms with Crippen LogP contribution in [0.5, 0.6) is 0 Å². The number of aromatic nitrogens is 2. The summed E-state index contributed by atoms with van der Waals surface area (Å²) in [6, 6.07) is 6.88. The Bertz CT molecular complexity index is 1000. The third kappa shape index (κ3) is 4.47. The molecule has 1 saturated heterocycles. The maximum atomic E-state index is 14.2. The molecule has 0 radical (unpaired) electrons. The predicted octanol–water partition coefficient (Wildman–Crippen LogP) is 2.34. The number of piperazine rings is 1. The van der Waals surface area contributed by atoms with Gasteiger partial charge in [0.15, 0.2) is 0 Å². The molecule has 0 spiro atoms. The van der Waals surface area contributed by atoms with Crippen LogP contribution in [0.2, 0.25) is 0 Å². The lowest BCUT2D eigenvalue weighted by Crippen LogP contribution is -2.47. The van der Waals surface area contributed by atoms with E-state index in [0.717, 1.165) is 35.9 Å². The van der Waals surface area contributed by atoms with Crippen LogP contribution in [-0.2, 0) is 22.4 Å². The van der Waals surface area contributed by atoms with Crippen LogP contribution in [0.1, 0.15) is 17.1 Å². The van der Waals surface area contributed by atoms with Crippen LogP contribution < -0.4 is 9.80 Å². The number of likely N-dealkylation sites (N-methyl/N-ethyl adjacent to an activating group) is 1. The summed E-state index contributed by atoms with van der Waals surface area (Å²) < 4.78 is 19.2. The Kier molecular flexibility index (Phi) is 6.06. The Hall–Kier alpha value is -3.16. The van der Waals surface area contributed by atoms with E-state index in [0.29, 0.717) is 43.9 Å². The molecule has 1 aromatic carbocycles. The van der Waals surface area contributed by atoms with Gasteiger partial charge in [-0.05, 0) is 19.1 Å². The Balaban J connectivity index is 1.62. The SMILES string of the molecule is COC(=O)C1=CN(C)CCc2nc(C)nc(N3CCN(c4ccccc4F)CC3)c2C1. The number of hydrogen-bond donors (Lipinski definition) is 0. The normalized spacial score (nSPS) is 16.9. The molecule has 0 N–H and O–H groups in total. The smallest absolute Gasteiger partial charge is 0.335 e. The number of esters is 1. The average Bonchev–Trinajstić information content (AvgIpc) is 2.77.